The lowest BCUT2D eigenvalue weighted by atomic mass is 10.1. The zero-order valence-corrected chi connectivity index (χ0v) is 10.9. The molecule has 0 atom stereocenters. The maximum absolute atomic E-state index is 13.5. The number of benzene rings is 1. The largest absolute Gasteiger partial charge is 0.395 e. The van der Waals surface area contributed by atoms with E-state index in [-0.39, 0.29) is 17.3 Å². The number of thiazole rings is 1. The minimum atomic E-state index is -0.380. The first-order valence-corrected chi connectivity index (χ1v) is 6.60. The number of aromatic nitrogens is 1. The highest BCUT2D eigenvalue weighted by Crippen LogP contribution is 2.10. The van der Waals surface area contributed by atoms with E-state index >= 15 is 0 Å². The fourth-order valence-electron chi connectivity index (χ4n) is 1.64. The molecule has 0 fully saturated rings. The Kier molecular flexibility index (Phi) is 4.50. The molecule has 2 rings (SSSR count). The molecular weight excluding hydrogens is 265 g/mol. The molecule has 2 aromatic rings. The van der Waals surface area contributed by atoms with E-state index in [1.54, 1.807) is 17.6 Å². The highest BCUT2D eigenvalue weighted by atomic mass is 32.1. The molecule has 0 radical (unpaired) electrons. The van der Waals surface area contributed by atoms with Gasteiger partial charge in [-0.2, -0.15) is 0 Å². The van der Waals surface area contributed by atoms with E-state index in [4.69, 9.17) is 5.11 Å². The van der Waals surface area contributed by atoms with Gasteiger partial charge >= 0.3 is 4.87 Å². The van der Waals surface area contributed by atoms with Crippen LogP contribution in [0.15, 0.2) is 34.6 Å². The summed E-state index contributed by atoms with van der Waals surface area (Å²) in [5, 5.41) is 10.3. The number of aliphatic hydroxyl groups excluding tert-OH is 1. The molecule has 98 valence electrons. The Morgan fingerprint density at radius 3 is 2.89 bits per heavy atom. The van der Waals surface area contributed by atoms with Crippen molar-refractivity contribution >= 4 is 11.3 Å². The van der Waals surface area contributed by atoms with Gasteiger partial charge < -0.3 is 9.67 Å². The van der Waals surface area contributed by atoms with E-state index in [1.165, 1.54) is 16.7 Å². The average Bonchev–Trinajstić information content (AvgIpc) is 2.75. The van der Waals surface area contributed by atoms with Crippen molar-refractivity contribution in [1.82, 2.24) is 4.57 Å². The molecule has 1 aromatic carbocycles. The van der Waals surface area contributed by atoms with Gasteiger partial charge in [-0.3, -0.25) is 4.79 Å². The second kappa shape index (κ2) is 6.32. The monoisotopic (exact) mass is 277 g/mol. The number of halogens is 1. The van der Waals surface area contributed by atoms with Crippen molar-refractivity contribution in [3.8, 4) is 11.8 Å². The maximum atomic E-state index is 13.5. The van der Waals surface area contributed by atoms with Crippen molar-refractivity contribution in [3.63, 3.8) is 0 Å². The maximum Gasteiger partial charge on any atom is 0.307 e. The van der Waals surface area contributed by atoms with Gasteiger partial charge in [-0.05, 0) is 23.8 Å². The highest BCUT2D eigenvalue weighted by Gasteiger charge is 2.02. The summed E-state index contributed by atoms with van der Waals surface area (Å²) in [5.41, 5.74) is 1.24. The molecule has 1 aromatic heterocycles. The van der Waals surface area contributed by atoms with E-state index in [0.29, 0.717) is 24.1 Å². The summed E-state index contributed by atoms with van der Waals surface area (Å²) in [4.78, 5) is 11.4. The van der Waals surface area contributed by atoms with Gasteiger partial charge in [-0.1, -0.05) is 23.2 Å². The van der Waals surface area contributed by atoms with Crippen molar-refractivity contribution in [2.75, 3.05) is 6.61 Å². The van der Waals surface area contributed by atoms with Crippen LogP contribution in [0.4, 0.5) is 4.39 Å². The van der Waals surface area contributed by atoms with E-state index in [1.807, 2.05) is 0 Å². The number of aliphatic hydroxyl groups is 1. The van der Waals surface area contributed by atoms with Gasteiger partial charge in [0.1, 0.15) is 5.82 Å². The Morgan fingerprint density at radius 1 is 1.37 bits per heavy atom. The molecule has 0 aliphatic heterocycles. The third-order valence-electron chi connectivity index (χ3n) is 2.42. The number of hydrogen-bond donors (Lipinski definition) is 1. The van der Waals surface area contributed by atoms with Crippen LogP contribution in [0.3, 0.4) is 0 Å². The van der Waals surface area contributed by atoms with Gasteiger partial charge in [-0.25, -0.2) is 4.39 Å². The molecule has 0 amide bonds. The summed E-state index contributed by atoms with van der Waals surface area (Å²) >= 11 is 1.11. The zero-order valence-electron chi connectivity index (χ0n) is 10.1. The molecule has 1 N–H and O–H groups in total. The minimum absolute atomic E-state index is 0.0144. The van der Waals surface area contributed by atoms with Crippen LogP contribution in [0, 0.1) is 17.7 Å². The van der Waals surface area contributed by atoms with Crippen molar-refractivity contribution in [2.24, 2.45) is 0 Å². The third kappa shape index (κ3) is 3.78. The molecule has 3 nitrogen and oxygen atoms in total. The van der Waals surface area contributed by atoms with Crippen LogP contribution >= 0.6 is 11.3 Å². The Bertz CT molecular complexity index is 678. The molecule has 0 bridgehead atoms. The number of hydrogen-bond acceptors (Lipinski definition) is 3. The molecule has 0 saturated carbocycles. The molecule has 1 heterocycles. The first-order chi connectivity index (χ1) is 9.19. The quantitative estimate of drug-likeness (QED) is 0.870. The molecule has 0 aliphatic rings. The van der Waals surface area contributed by atoms with Crippen LogP contribution in [0.5, 0.6) is 0 Å². The Hall–Kier alpha value is -1.90. The Balaban J connectivity index is 2.25. The molecular formula is C14H12FNO2S. The van der Waals surface area contributed by atoms with Crippen LogP contribution < -0.4 is 4.87 Å². The summed E-state index contributed by atoms with van der Waals surface area (Å²) in [6.07, 6.45) is 2.03. The summed E-state index contributed by atoms with van der Waals surface area (Å²) in [5.74, 6) is 5.15. The topological polar surface area (TPSA) is 42.2 Å². The second-order valence-corrected chi connectivity index (χ2v) is 4.78. The smallest absolute Gasteiger partial charge is 0.307 e. The molecule has 0 aliphatic carbocycles. The van der Waals surface area contributed by atoms with E-state index in [2.05, 4.69) is 11.8 Å². The van der Waals surface area contributed by atoms with Crippen LogP contribution in [-0.4, -0.2) is 16.3 Å². The fraction of sp³-hybridized carbons (Fsp3) is 0.214. The molecule has 0 unspecified atom stereocenters. The lowest BCUT2D eigenvalue weighted by Crippen LogP contribution is -2.12. The van der Waals surface area contributed by atoms with Gasteiger partial charge in [0.05, 0.1) is 13.2 Å². The van der Waals surface area contributed by atoms with Gasteiger partial charge in [-0.15, -0.1) is 0 Å². The molecule has 0 spiro atoms. The van der Waals surface area contributed by atoms with Crippen molar-refractivity contribution in [3.05, 3.63) is 56.4 Å². The van der Waals surface area contributed by atoms with Gasteiger partial charge in [0, 0.05) is 23.6 Å². The van der Waals surface area contributed by atoms with Crippen LogP contribution in [0.25, 0.3) is 0 Å². The van der Waals surface area contributed by atoms with Gasteiger partial charge in [0.25, 0.3) is 0 Å². The first kappa shape index (κ1) is 13.5. The number of rotatable bonds is 3. The van der Waals surface area contributed by atoms with Crippen molar-refractivity contribution in [2.45, 2.75) is 13.0 Å². The summed E-state index contributed by atoms with van der Waals surface area (Å²) in [6.45, 7) is 0.314. The SMILES string of the molecule is O=c1sccn1Cc1cc(F)cc(C#CCCO)c1. The van der Waals surface area contributed by atoms with Crippen LogP contribution in [-0.2, 0) is 6.54 Å². The van der Waals surface area contributed by atoms with Gasteiger partial charge in [0.2, 0.25) is 0 Å². The minimum Gasteiger partial charge on any atom is -0.395 e. The number of nitrogens with zero attached hydrogens (tertiary/aromatic N) is 1. The standard InChI is InChI=1S/C14H12FNO2S/c15-13-8-11(3-1-2-5-17)7-12(9-13)10-16-4-6-19-14(16)18/h4,6-9,17H,2,5,10H2. The van der Waals surface area contributed by atoms with E-state index in [9.17, 15) is 9.18 Å². The lowest BCUT2D eigenvalue weighted by Gasteiger charge is -2.03. The molecule has 0 saturated heterocycles. The predicted molar refractivity (Wildman–Crippen MR) is 72.7 cm³/mol. The summed E-state index contributed by atoms with van der Waals surface area (Å²) < 4.78 is 15.0. The lowest BCUT2D eigenvalue weighted by molar-refractivity contribution is 0.305. The summed E-state index contributed by atoms with van der Waals surface area (Å²) in [7, 11) is 0. The predicted octanol–water partition coefficient (Wildman–Crippen LogP) is 1.83. The van der Waals surface area contributed by atoms with E-state index in [0.717, 1.165) is 11.3 Å². The molecule has 5 heteroatoms. The normalized spacial score (nSPS) is 10.0. The second-order valence-electron chi connectivity index (χ2n) is 3.92. The van der Waals surface area contributed by atoms with Crippen molar-refractivity contribution in [1.29, 1.82) is 0 Å². The van der Waals surface area contributed by atoms with Crippen molar-refractivity contribution < 1.29 is 9.50 Å². The summed E-state index contributed by atoms with van der Waals surface area (Å²) in [6, 6.07) is 4.48. The third-order valence-corrected chi connectivity index (χ3v) is 3.12. The Labute approximate surface area is 114 Å². The Morgan fingerprint density at radius 2 is 2.21 bits per heavy atom. The van der Waals surface area contributed by atoms with Crippen LogP contribution in [0.2, 0.25) is 0 Å². The van der Waals surface area contributed by atoms with Gasteiger partial charge in [0.15, 0.2) is 0 Å². The molecule has 19 heavy (non-hydrogen) atoms. The zero-order chi connectivity index (χ0) is 13.7. The first-order valence-electron chi connectivity index (χ1n) is 5.72. The average molecular weight is 277 g/mol. The van der Waals surface area contributed by atoms with E-state index < -0.39 is 0 Å². The van der Waals surface area contributed by atoms with Crippen LogP contribution in [0.1, 0.15) is 17.5 Å². The fourth-order valence-corrected chi connectivity index (χ4v) is 2.22. The highest BCUT2D eigenvalue weighted by molar-refractivity contribution is 7.07.